The van der Waals surface area contributed by atoms with E-state index in [1.165, 1.54) is 24.0 Å². The lowest BCUT2D eigenvalue weighted by atomic mass is 9.46. The van der Waals surface area contributed by atoms with E-state index in [2.05, 4.69) is 58.2 Å². The molecule has 2 unspecified atom stereocenters. The maximum absolute atomic E-state index is 10.6. The average Bonchev–Trinajstić information content (AvgIpc) is 3.33. The molecule has 2 N–H and O–H groups in total. The molecule has 2 spiro atoms. The average molecular weight is 387 g/mol. The first-order valence-electron chi connectivity index (χ1n) is 10.7. The van der Waals surface area contributed by atoms with Crippen molar-refractivity contribution in [3.8, 4) is 0 Å². The first kappa shape index (κ1) is 17.7. The summed E-state index contributed by atoms with van der Waals surface area (Å²) in [6, 6.07) is 12.8. The van der Waals surface area contributed by atoms with Gasteiger partial charge in [0.1, 0.15) is 5.65 Å². The molecular formula is C23H26BN3O2. The Morgan fingerprint density at radius 2 is 2.03 bits per heavy atom. The SMILES string of the molecule is CC1C2(CCN(Cc3ccccc3)CC2)CC12OB(O)c1cnc3[nH]ccc3c12. The van der Waals surface area contributed by atoms with Gasteiger partial charge in [-0.3, -0.25) is 4.90 Å². The molecular weight excluding hydrogens is 361 g/mol. The van der Waals surface area contributed by atoms with Crippen molar-refractivity contribution in [3.05, 3.63) is 59.9 Å². The summed E-state index contributed by atoms with van der Waals surface area (Å²) >= 11 is 0. The third kappa shape index (κ3) is 2.43. The van der Waals surface area contributed by atoms with Crippen LogP contribution in [0.2, 0.25) is 0 Å². The zero-order valence-corrected chi connectivity index (χ0v) is 16.8. The summed E-state index contributed by atoms with van der Waals surface area (Å²) in [5, 5.41) is 11.7. The Bertz CT molecular complexity index is 1060. The Kier molecular flexibility index (Phi) is 3.77. The highest BCUT2D eigenvalue weighted by Gasteiger charge is 2.67. The second kappa shape index (κ2) is 6.18. The molecule has 1 aliphatic carbocycles. The molecule has 5 nitrogen and oxygen atoms in total. The van der Waals surface area contributed by atoms with Gasteiger partial charge in [0.25, 0.3) is 0 Å². The minimum absolute atomic E-state index is 0.306. The van der Waals surface area contributed by atoms with E-state index >= 15 is 0 Å². The fraction of sp³-hybridized carbons (Fsp3) is 0.435. The van der Waals surface area contributed by atoms with Crippen molar-refractivity contribution in [2.24, 2.45) is 11.3 Å². The summed E-state index contributed by atoms with van der Waals surface area (Å²) in [5.74, 6) is 0.380. The third-order valence-electron chi connectivity index (χ3n) is 7.96. The predicted octanol–water partition coefficient (Wildman–Crippen LogP) is 2.80. The maximum atomic E-state index is 10.6. The number of nitrogens with zero attached hydrogens (tertiary/aromatic N) is 2. The van der Waals surface area contributed by atoms with Gasteiger partial charge in [-0.25, -0.2) is 4.98 Å². The van der Waals surface area contributed by atoms with Crippen molar-refractivity contribution in [1.82, 2.24) is 14.9 Å². The van der Waals surface area contributed by atoms with E-state index in [9.17, 15) is 5.02 Å². The lowest BCUT2D eigenvalue weighted by molar-refractivity contribution is -0.196. The standard InChI is InChI=1S/C23H26BN3O2/c1-16-22(8-11-27(12-9-22)14-17-5-3-2-4-6-17)15-23(16)20-18-7-10-25-21(18)26-13-19(20)24(28)29-23/h2-7,10,13,16,28H,8-9,11-12,14-15H2,1H3,(H,25,26). The lowest BCUT2D eigenvalue weighted by Crippen LogP contribution is -2.61. The van der Waals surface area contributed by atoms with E-state index in [0.717, 1.165) is 42.6 Å². The Balaban J connectivity index is 1.24. The molecule has 29 heavy (non-hydrogen) atoms. The van der Waals surface area contributed by atoms with E-state index in [0.29, 0.717) is 11.3 Å². The van der Waals surface area contributed by atoms with Gasteiger partial charge in [0.05, 0.1) is 5.60 Å². The summed E-state index contributed by atoms with van der Waals surface area (Å²) < 4.78 is 6.28. The first-order chi connectivity index (χ1) is 14.1. The number of pyridine rings is 1. The van der Waals surface area contributed by atoms with Crippen molar-refractivity contribution in [3.63, 3.8) is 0 Å². The Morgan fingerprint density at radius 3 is 2.79 bits per heavy atom. The molecule has 0 radical (unpaired) electrons. The Hall–Kier alpha value is -2.15. The van der Waals surface area contributed by atoms with E-state index in [-0.39, 0.29) is 5.60 Å². The number of rotatable bonds is 2. The van der Waals surface area contributed by atoms with Crippen LogP contribution in [-0.2, 0) is 16.8 Å². The number of likely N-dealkylation sites (tertiary alicyclic amines) is 1. The second-order valence-electron chi connectivity index (χ2n) is 9.21. The van der Waals surface area contributed by atoms with E-state index < -0.39 is 7.12 Å². The number of fused-ring (bicyclic) bond motifs is 4. The zero-order chi connectivity index (χ0) is 19.6. The molecule has 3 aromatic rings. The van der Waals surface area contributed by atoms with Gasteiger partial charge in [-0.15, -0.1) is 0 Å². The van der Waals surface area contributed by atoms with Crippen LogP contribution in [0.3, 0.4) is 0 Å². The van der Waals surface area contributed by atoms with Gasteiger partial charge in [-0.1, -0.05) is 37.3 Å². The van der Waals surface area contributed by atoms with Gasteiger partial charge < -0.3 is 14.7 Å². The normalized spacial score (nSPS) is 28.2. The fourth-order valence-corrected chi connectivity index (χ4v) is 6.25. The molecule has 2 fully saturated rings. The molecule has 0 bridgehead atoms. The molecule has 6 heteroatoms. The molecule has 1 aromatic carbocycles. The molecule has 1 saturated heterocycles. The van der Waals surface area contributed by atoms with Gasteiger partial charge in [-0.2, -0.15) is 0 Å². The molecule has 2 aliphatic heterocycles. The van der Waals surface area contributed by atoms with Gasteiger partial charge in [0.2, 0.25) is 0 Å². The minimum Gasteiger partial charge on any atom is -0.423 e. The van der Waals surface area contributed by atoms with Crippen molar-refractivity contribution in [2.75, 3.05) is 13.1 Å². The van der Waals surface area contributed by atoms with Crippen LogP contribution in [0.4, 0.5) is 0 Å². The van der Waals surface area contributed by atoms with Gasteiger partial charge >= 0.3 is 7.12 Å². The number of hydrogen-bond donors (Lipinski definition) is 2. The monoisotopic (exact) mass is 387 g/mol. The number of H-pyrrole nitrogens is 1. The molecule has 3 aliphatic rings. The van der Waals surface area contributed by atoms with Crippen LogP contribution in [0, 0.1) is 11.3 Å². The lowest BCUT2D eigenvalue weighted by Gasteiger charge is -2.63. The summed E-state index contributed by atoms with van der Waals surface area (Å²) in [6.07, 6.45) is 7.10. The predicted molar refractivity (Wildman–Crippen MR) is 114 cm³/mol. The number of benzene rings is 1. The molecule has 2 atom stereocenters. The molecule has 0 amide bonds. The molecule has 148 valence electrons. The van der Waals surface area contributed by atoms with E-state index in [1.807, 2.05) is 6.20 Å². The van der Waals surface area contributed by atoms with Crippen molar-refractivity contribution in [2.45, 2.75) is 38.3 Å². The summed E-state index contributed by atoms with van der Waals surface area (Å²) in [5.41, 5.74) is 4.22. The maximum Gasteiger partial charge on any atom is 0.493 e. The van der Waals surface area contributed by atoms with Crippen LogP contribution in [-0.4, -0.2) is 40.1 Å². The largest absolute Gasteiger partial charge is 0.493 e. The number of piperidine rings is 1. The highest BCUT2D eigenvalue weighted by atomic mass is 16.5. The third-order valence-corrected chi connectivity index (χ3v) is 7.96. The van der Waals surface area contributed by atoms with E-state index in [1.54, 1.807) is 6.20 Å². The van der Waals surface area contributed by atoms with Gasteiger partial charge in [0, 0.05) is 29.8 Å². The number of hydrogen-bond acceptors (Lipinski definition) is 4. The zero-order valence-electron chi connectivity index (χ0n) is 16.8. The quantitative estimate of drug-likeness (QED) is 0.664. The topological polar surface area (TPSA) is 61.4 Å². The number of aromatic amines is 1. The van der Waals surface area contributed by atoms with Crippen LogP contribution < -0.4 is 5.46 Å². The van der Waals surface area contributed by atoms with Crippen molar-refractivity contribution >= 4 is 23.6 Å². The van der Waals surface area contributed by atoms with E-state index in [4.69, 9.17) is 4.65 Å². The Labute approximate surface area is 171 Å². The Morgan fingerprint density at radius 1 is 1.24 bits per heavy atom. The van der Waals surface area contributed by atoms with Crippen LogP contribution in [0.25, 0.3) is 11.0 Å². The van der Waals surface area contributed by atoms with Crippen LogP contribution in [0.5, 0.6) is 0 Å². The van der Waals surface area contributed by atoms with Gasteiger partial charge in [0.15, 0.2) is 0 Å². The highest BCUT2D eigenvalue weighted by Crippen LogP contribution is 2.66. The second-order valence-corrected chi connectivity index (χ2v) is 9.21. The van der Waals surface area contributed by atoms with Crippen LogP contribution in [0.1, 0.15) is 37.3 Å². The molecule has 6 rings (SSSR count). The van der Waals surface area contributed by atoms with Crippen LogP contribution >= 0.6 is 0 Å². The van der Waals surface area contributed by atoms with Crippen molar-refractivity contribution in [1.29, 1.82) is 0 Å². The minimum atomic E-state index is -0.866. The van der Waals surface area contributed by atoms with Crippen molar-refractivity contribution < 1.29 is 9.68 Å². The number of nitrogens with one attached hydrogen (secondary N) is 1. The number of aromatic nitrogens is 2. The summed E-state index contributed by atoms with van der Waals surface area (Å²) in [7, 11) is -0.866. The smallest absolute Gasteiger partial charge is 0.423 e. The van der Waals surface area contributed by atoms with Crippen LogP contribution in [0.15, 0.2) is 48.8 Å². The van der Waals surface area contributed by atoms with Gasteiger partial charge in [-0.05, 0) is 60.9 Å². The molecule has 4 heterocycles. The fourth-order valence-electron chi connectivity index (χ4n) is 6.25. The highest BCUT2D eigenvalue weighted by molar-refractivity contribution is 6.62. The molecule has 2 aromatic heterocycles. The summed E-state index contributed by atoms with van der Waals surface area (Å²) in [6.45, 7) is 5.61. The first-order valence-corrected chi connectivity index (χ1v) is 10.7. The summed E-state index contributed by atoms with van der Waals surface area (Å²) in [4.78, 5) is 10.2. The molecule has 1 saturated carbocycles.